The van der Waals surface area contributed by atoms with Crippen molar-refractivity contribution in [1.82, 2.24) is 5.01 Å². The minimum absolute atomic E-state index is 0.0151. The van der Waals surface area contributed by atoms with Crippen molar-refractivity contribution in [2.75, 3.05) is 6.54 Å². The zero-order valence-electron chi connectivity index (χ0n) is 6.28. The number of hydrogen-bond acceptors (Lipinski definition) is 3. The van der Waals surface area contributed by atoms with Crippen LogP contribution in [0.15, 0.2) is 5.29 Å². The third-order valence-electron chi connectivity index (χ3n) is 2.12. The fraction of sp³-hybridized carbons (Fsp3) is 0.833. The molecule has 1 N–H and O–H groups in total. The summed E-state index contributed by atoms with van der Waals surface area (Å²) in [5.41, 5.74) is -0.534. The first-order valence-electron chi connectivity index (χ1n) is 3.41. The molecule has 0 spiro atoms. The van der Waals surface area contributed by atoms with Crippen LogP contribution in [0.1, 0.15) is 19.8 Å². The van der Waals surface area contributed by atoms with E-state index in [9.17, 15) is 9.70 Å². The van der Waals surface area contributed by atoms with E-state index < -0.39 is 11.5 Å². The predicted octanol–water partition coefficient (Wildman–Crippen LogP) is 0.607. The monoisotopic (exact) mass is 158 g/mol. The Morgan fingerprint density at radius 2 is 2.45 bits per heavy atom. The molecular formula is C6H10N2O3. The number of hydrogen-bond donors (Lipinski definition) is 1. The van der Waals surface area contributed by atoms with Gasteiger partial charge in [-0.3, -0.25) is 9.80 Å². The Labute approximate surface area is 63.9 Å². The third-order valence-corrected chi connectivity index (χ3v) is 2.12. The van der Waals surface area contributed by atoms with Gasteiger partial charge in [0.1, 0.15) is 0 Å². The quantitative estimate of drug-likeness (QED) is 0.611. The van der Waals surface area contributed by atoms with E-state index in [0.717, 1.165) is 6.42 Å². The summed E-state index contributed by atoms with van der Waals surface area (Å²) in [5, 5.41) is 12.5. The van der Waals surface area contributed by atoms with Crippen LogP contribution < -0.4 is 0 Å². The standard InChI is InChI=1S/C6H10N2O3/c1-6(4-5(9)10)2-3-8(6)7-11/h2-4H2,1H3,(H,9,10). The largest absolute Gasteiger partial charge is 0.481 e. The SMILES string of the molecule is CC1(CC(=O)O)CCN1N=O. The number of carboxylic acids is 1. The van der Waals surface area contributed by atoms with E-state index >= 15 is 0 Å². The maximum atomic E-state index is 10.3. The van der Waals surface area contributed by atoms with Gasteiger partial charge in [0.2, 0.25) is 0 Å². The van der Waals surface area contributed by atoms with Crippen molar-refractivity contribution in [3.8, 4) is 0 Å². The normalized spacial score (nSPS) is 29.4. The van der Waals surface area contributed by atoms with E-state index in [1.54, 1.807) is 6.92 Å². The molecule has 1 fully saturated rings. The van der Waals surface area contributed by atoms with Crippen LogP contribution in [0.5, 0.6) is 0 Å². The van der Waals surface area contributed by atoms with Crippen molar-refractivity contribution in [3.05, 3.63) is 4.91 Å². The summed E-state index contributed by atoms with van der Waals surface area (Å²) in [5.74, 6) is -0.888. The van der Waals surface area contributed by atoms with Gasteiger partial charge in [0, 0.05) is 6.54 Å². The highest BCUT2D eigenvalue weighted by atomic mass is 16.4. The molecule has 0 aromatic rings. The van der Waals surface area contributed by atoms with Gasteiger partial charge in [-0.2, -0.15) is 0 Å². The molecule has 0 bridgehead atoms. The predicted molar refractivity (Wildman–Crippen MR) is 37.8 cm³/mol. The van der Waals surface area contributed by atoms with Gasteiger partial charge in [0.25, 0.3) is 0 Å². The van der Waals surface area contributed by atoms with Crippen molar-refractivity contribution >= 4 is 5.97 Å². The van der Waals surface area contributed by atoms with Crippen LogP contribution >= 0.6 is 0 Å². The number of carbonyl (C=O) groups is 1. The maximum absolute atomic E-state index is 10.3. The highest BCUT2D eigenvalue weighted by Crippen LogP contribution is 2.33. The molecule has 5 nitrogen and oxygen atoms in total. The van der Waals surface area contributed by atoms with Crippen LogP contribution in [0.25, 0.3) is 0 Å². The van der Waals surface area contributed by atoms with Crippen LogP contribution in [0, 0.1) is 4.91 Å². The molecule has 1 aliphatic rings. The molecule has 0 amide bonds. The molecule has 1 unspecified atom stereocenters. The summed E-state index contributed by atoms with van der Waals surface area (Å²) in [7, 11) is 0. The number of carboxylic acid groups (broad SMARTS) is 1. The molecule has 11 heavy (non-hydrogen) atoms. The highest BCUT2D eigenvalue weighted by molar-refractivity contribution is 5.68. The fourth-order valence-electron chi connectivity index (χ4n) is 1.24. The van der Waals surface area contributed by atoms with Gasteiger partial charge in [-0.05, 0) is 13.3 Å². The van der Waals surface area contributed by atoms with Gasteiger partial charge in [-0.15, -0.1) is 4.91 Å². The first kappa shape index (κ1) is 7.97. The Bertz CT molecular complexity index is 194. The van der Waals surface area contributed by atoms with Crippen LogP contribution in [-0.4, -0.2) is 28.2 Å². The lowest BCUT2D eigenvalue weighted by molar-refractivity contribution is -0.143. The van der Waals surface area contributed by atoms with E-state index in [4.69, 9.17) is 5.11 Å². The van der Waals surface area contributed by atoms with Crippen LogP contribution in [0.2, 0.25) is 0 Å². The van der Waals surface area contributed by atoms with Gasteiger partial charge in [0.15, 0.2) is 0 Å². The molecule has 1 rings (SSSR count). The van der Waals surface area contributed by atoms with E-state index in [-0.39, 0.29) is 6.42 Å². The first-order valence-corrected chi connectivity index (χ1v) is 3.41. The van der Waals surface area contributed by atoms with Crippen LogP contribution in [-0.2, 0) is 4.79 Å². The minimum atomic E-state index is -0.888. The lowest BCUT2D eigenvalue weighted by Gasteiger charge is -2.45. The van der Waals surface area contributed by atoms with Crippen LogP contribution in [0.3, 0.4) is 0 Å². The lowest BCUT2D eigenvalue weighted by Crippen LogP contribution is -2.55. The second kappa shape index (κ2) is 2.48. The minimum Gasteiger partial charge on any atom is -0.481 e. The summed E-state index contributed by atoms with van der Waals surface area (Å²) in [6.07, 6.45) is 0.712. The summed E-state index contributed by atoms with van der Waals surface area (Å²) < 4.78 is 0. The number of aliphatic carboxylic acids is 1. The molecule has 1 heterocycles. The van der Waals surface area contributed by atoms with Gasteiger partial charge in [-0.25, -0.2) is 0 Å². The summed E-state index contributed by atoms with van der Waals surface area (Å²) in [4.78, 5) is 20.4. The highest BCUT2D eigenvalue weighted by Gasteiger charge is 2.42. The van der Waals surface area contributed by atoms with E-state index in [1.165, 1.54) is 5.01 Å². The second-order valence-electron chi connectivity index (χ2n) is 3.02. The van der Waals surface area contributed by atoms with E-state index in [0.29, 0.717) is 6.54 Å². The van der Waals surface area contributed by atoms with Crippen LogP contribution in [0.4, 0.5) is 0 Å². The van der Waals surface area contributed by atoms with E-state index in [1.807, 2.05) is 0 Å². The molecule has 0 aromatic carbocycles. The molecule has 0 saturated carbocycles. The number of nitrogens with zero attached hydrogens (tertiary/aromatic N) is 2. The van der Waals surface area contributed by atoms with Gasteiger partial charge >= 0.3 is 5.97 Å². The number of nitroso groups, excluding NO2 is 1. The van der Waals surface area contributed by atoms with Gasteiger partial charge in [0.05, 0.1) is 17.2 Å². The Balaban J connectivity index is 2.53. The van der Waals surface area contributed by atoms with Crippen molar-refractivity contribution in [2.45, 2.75) is 25.3 Å². The molecule has 1 atom stereocenters. The Kier molecular flexibility index (Phi) is 1.80. The summed E-state index contributed by atoms with van der Waals surface area (Å²) >= 11 is 0. The smallest absolute Gasteiger partial charge is 0.305 e. The maximum Gasteiger partial charge on any atom is 0.305 e. The first-order chi connectivity index (χ1) is 5.08. The Morgan fingerprint density at radius 3 is 2.73 bits per heavy atom. The van der Waals surface area contributed by atoms with Gasteiger partial charge < -0.3 is 5.11 Å². The van der Waals surface area contributed by atoms with Crippen molar-refractivity contribution in [3.63, 3.8) is 0 Å². The molecular weight excluding hydrogens is 148 g/mol. The number of rotatable bonds is 3. The van der Waals surface area contributed by atoms with Crippen molar-refractivity contribution < 1.29 is 9.90 Å². The Hall–Kier alpha value is -1.13. The zero-order chi connectivity index (χ0) is 8.48. The van der Waals surface area contributed by atoms with E-state index in [2.05, 4.69) is 5.29 Å². The third kappa shape index (κ3) is 1.31. The molecule has 5 heteroatoms. The Morgan fingerprint density at radius 1 is 1.82 bits per heavy atom. The molecule has 62 valence electrons. The average molecular weight is 158 g/mol. The van der Waals surface area contributed by atoms with Gasteiger partial charge in [-0.1, -0.05) is 0 Å². The van der Waals surface area contributed by atoms with Crippen molar-refractivity contribution in [1.29, 1.82) is 0 Å². The lowest BCUT2D eigenvalue weighted by atomic mass is 9.86. The van der Waals surface area contributed by atoms with Crippen molar-refractivity contribution in [2.24, 2.45) is 5.29 Å². The topological polar surface area (TPSA) is 70.0 Å². The second-order valence-corrected chi connectivity index (χ2v) is 3.02. The zero-order valence-corrected chi connectivity index (χ0v) is 6.28. The molecule has 0 radical (unpaired) electrons. The molecule has 0 aliphatic carbocycles. The fourth-order valence-corrected chi connectivity index (χ4v) is 1.24. The molecule has 0 aromatic heterocycles. The molecule has 1 saturated heterocycles. The average Bonchev–Trinajstić information content (AvgIpc) is 1.85. The summed E-state index contributed by atoms with van der Waals surface area (Å²) in [6.45, 7) is 2.30. The summed E-state index contributed by atoms with van der Waals surface area (Å²) in [6, 6.07) is 0. The molecule has 1 aliphatic heterocycles.